The van der Waals surface area contributed by atoms with Crippen LogP contribution in [-0.4, -0.2) is 21.9 Å². The Hall–Kier alpha value is -2.95. The summed E-state index contributed by atoms with van der Waals surface area (Å²) in [6.45, 7) is 9.57. The number of nitrogens with zero attached hydrogens (tertiary/aromatic N) is 3. The van der Waals surface area contributed by atoms with Crippen LogP contribution in [0.1, 0.15) is 13.3 Å². The molecule has 2 aromatic rings. The van der Waals surface area contributed by atoms with Crippen LogP contribution in [-0.2, 0) is 4.79 Å². The lowest BCUT2D eigenvalue weighted by Gasteiger charge is -2.19. The Morgan fingerprint density at radius 2 is 2.25 bits per heavy atom. The molecular weight excluding hydrogens is 300 g/mol. The third-order valence-electron chi connectivity index (χ3n) is 4.61. The van der Waals surface area contributed by atoms with Crippen LogP contribution in [0.5, 0.6) is 0 Å². The first-order valence-corrected chi connectivity index (χ1v) is 7.93. The second kappa shape index (κ2) is 5.30. The molecule has 120 valence electrons. The van der Waals surface area contributed by atoms with E-state index in [9.17, 15) is 4.79 Å². The highest BCUT2D eigenvalue weighted by Crippen LogP contribution is 2.50. The smallest absolute Gasteiger partial charge is 0.254 e. The third-order valence-corrected chi connectivity index (χ3v) is 4.61. The van der Waals surface area contributed by atoms with Gasteiger partial charge in [0.25, 0.3) is 5.91 Å². The van der Waals surface area contributed by atoms with Gasteiger partial charge < -0.3 is 10.2 Å². The molecule has 2 atom stereocenters. The number of aromatic nitrogens is 2. The van der Waals surface area contributed by atoms with Gasteiger partial charge in [-0.2, -0.15) is 0 Å². The molecule has 1 aliphatic carbocycles. The lowest BCUT2D eigenvalue weighted by atomic mass is 10.1. The van der Waals surface area contributed by atoms with Crippen LogP contribution in [0.3, 0.4) is 0 Å². The molecule has 5 nitrogen and oxygen atoms in total. The van der Waals surface area contributed by atoms with Crippen molar-refractivity contribution in [3.63, 3.8) is 0 Å². The standard InChI is InChI=1S/C19H18N4O/c1-4-5-11(2)22-18-15-8-13(6-7-16(15)20-10-21-18)23-17-9-14(17)12(3)19(23)24/h4-8,10,14,17H,1,3,9H2,2H3,(H,20,21,22)/b11-5+. The van der Waals surface area contributed by atoms with Crippen LogP contribution in [0.2, 0.25) is 0 Å². The quantitative estimate of drug-likeness (QED) is 0.693. The zero-order valence-electron chi connectivity index (χ0n) is 13.5. The van der Waals surface area contributed by atoms with E-state index in [0.717, 1.165) is 40.1 Å². The first-order chi connectivity index (χ1) is 11.6. The van der Waals surface area contributed by atoms with Gasteiger partial charge in [-0.05, 0) is 37.6 Å². The Bertz CT molecular complexity index is 915. The van der Waals surface area contributed by atoms with E-state index < -0.39 is 0 Å². The van der Waals surface area contributed by atoms with Crippen LogP contribution in [0.15, 0.2) is 61.1 Å². The number of anilines is 2. The van der Waals surface area contributed by atoms with E-state index in [1.54, 1.807) is 6.08 Å². The van der Waals surface area contributed by atoms with Crippen LogP contribution in [0.4, 0.5) is 11.5 Å². The zero-order valence-corrected chi connectivity index (χ0v) is 13.5. The van der Waals surface area contributed by atoms with E-state index in [0.29, 0.717) is 5.92 Å². The number of piperidine rings is 1. The Morgan fingerprint density at radius 1 is 1.42 bits per heavy atom. The molecule has 2 unspecified atom stereocenters. The highest BCUT2D eigenvalue weighted by molar-refractivity contribution is 6.11. The summed E-state index contributed by atoms with van der Waals surface area (Å²) in [6.07, 6.45) is 6.14. The van der Waals surface area contributed by atoms with Crippen molar-refractivity contribution < 1.29 is 4.79 Å². The number of amides is 1. The van der Waals surface area contributed by atoms with E-state index in [1.165, 1.54) is 6.33 Å². The summed E-state index contributed by atoms with van der Waals surface area (Å²) in [6, 6.07) is 6.11. The minimum Gasteiger partial charge on any atom is -0.343 e. The van der Waals surface area contributed by atoms with Gasteiger partial charge in [0, 0.05) is 34.3 Å². The maximum atomic E-state index is 12.4. The van der Waals surface area contributed by atoms with Crippen LogP contribution < -0.4 is 10.2 Å². The van der Waals surface area contributed by atoms with Gasteiger partial charge in [-0.1, -0.05) is 19.2 Å². The van der Waals surface area contributed by atoms with E-state index in [4.69, 9.17) is 0 Å². The van der Waals surface area contributed by atoms with Crippen molar-refractivity contribution in [3.05, 3.63) is 61.1 Å². The summed E-state index contributed by atoms with van der Waals surface area (Å²) >= 11 is 0. The predicted octanol–water partition coefficient (Wildman–Crippen LogP) is 3.42. The largest absolute Gasteiger partial charge is 0.343 e. The molecule has 0 spiro atoms. The topological polar surface area (TPSA) is 58.1 Å². The Labute approximate surface area is 140 Å². The fraction of sp³-hybridized carbons (Fsp3) is 0.211. The number of carbonyl (C=O) groups excluding carboxylic acids is 1. The summed E-state index contributed by atoms with van der Waals surface area (Å²) in [4.78, 5) is 22.9. The lowest BCUT2D eigenvalue weighted by Crippen LogP contribution is -2.28. The predicted molar refractivity (Wildman–Crippen MR) is 95.6 cm³/mol. The molecule has 2 aliphatic rings. The number of rotatable bonds is 4. The Kier molecular flexibility index (Phi) is 3.23. The number of hydrogen-bond acceptors (Lipinski definition) is 4. The van der Waals surface area contributed by atoms with Crippen molar-refractivity contribution in [2.45, 2.75) is 19.4 Å². The summed E-state index contributed by atoms with van der Waals surface area (Å²) in [5, 5.41) is 4.15. The molecule has 0 radical (unpaired) electrons. The normalized spacial score (nSPS) is 22.7. The van der Waals surface area contributed by atoms with Gasteiger partial charge in [-0.25, -0.2) is 9.97 Å². The second-order valence-electron chi connectivity index (χ2n) is 6.24. The van der Waals surface area contributed by atoms with E-state index in [-0.39, 0.29) is 11.9 Å². The third kappa shape index (κ3) is 2.21. The van der Waals surface area contributed by atoms with Crippen molar-refractivity contribution in [2.24, 2.45) is 5.92 Å². The SMILES string of the molecule is C=C/C=C(\C)Nc1ncnc2ccc(N3C(=O)C(=C)C4CC43)cc12. The molecule has 1 saturated carbocycles. The summed E-state index contributed by atoms with van der Waals surface area (Å²) in [7, 11) is 0. The van der Waals surface area contributed by atoms with Crippen LogP contribution in [0.25, 0.3) is 10.9 Å². The number of hydrogen-bond donors (Lipinski definition) is 1. The van der Waals surface area contributed by atoms with E-state index in [2.05, 4.69) is 28.4 Å². The first kappa shape index (κ1) is 14.6. The molecule has 1 saturated heterocycles. The van der Waals surface area contributed by atoms with Gasteiger partial charge in [0.2, 0.25) is 0 Å². The van der Waals surface area contributed by atoms with Gasteiger partial charge in [0.1, 0.15) is 12.1 Å². The number of fused-ring (bicyclic) bond motifs is 2. The van der Waals surface area contributed by atoms with Crippen LogP contribution in [0, 0.1) is 5.92 Å². The second-order valence-corrected chi connectivity index (χ2v) is 6.24. The van der Waals surface area contributed by atoms with Crippen molar-refractivity contribution in [1.29, 1.82) is 0 Å². The fourth-order valence-corrected chi connectivity index (χ4v) is 3.31. The van der Waals surface area contributed by atoms with Gasteiger partial charge in [0.05, 0.1) is 5.52 Å². The first-order valence-electron chi connectivity index (χ1n) is 7.93. The molecule has 1 amide bonds. The molecule has 2 heterocycles. The van der Waals surface area contributed by atoms with Crippen LogP contribution >= 0.6 is 0 Å². The molecule has 1 aromatic heterocycles. The molecule has 1 aromatic carbocycles. The van der Waals surface area contributed by atoms with Crippen molar-refractivity contribution in [3.8, 4) is 0 Å². The van der Waals surface area contributed by atoms with Crippen molar-refractivity contribution in [2.75, 3.05) is 10.2 Å². The number of benzene rings is 1. The highest BCUT2D eigenvalue weighted by Gasteiger charge is 2.54. The minimum absolute atomic E-state index is 0.0321. The van der Waals surface area contributed by atoms with Crippen molar-refractivity contribution in [1.82, 2.24) is 9.97 Å². The van der Waals surface area contributed by atoms with Gasteiger partial charge in [0.15, 0.2) is 0 Å². The molecule has 24 heavy (non-hydrogen) atoms. The molecule has 2 fully saturated rings. The highest BCUT2D eigenvalue weighted by atomic mass is 16.2. The minimum atomic E-state index is 0.0321. The molecule has 5 heteroatoms. The van der Waals surface area contributed by atoms with E-state index >= 15 is 0 Å². The maximum absolute atomic E-state index is 12.4. The van der Waals surface area contributed by atoms with Gasteiger partial charge >= 0.3 is 0 Å². The van der Waals surface area contributed by atoms with E-state index in [1.807, 2.05) is 36.1 Å². The number of allylic oxidation sites excluding steroid dienone is 3. The molecule has 1 N–H and O–H groups in total. The monoisotopic (exact) mass is 318 g/mol. The van der Waals surface area contributed by atoms with Gasteiger partial charge in [-0.3, -0.25) is 4.79 Å². The maximum Gasteiger partial charge on any atom is 0.254 e. The summed E-state index contributed by atoms with van der Waals surface area (Å²) in [5.41, 5.74) is 3.37. The molecule has 4 rings (SSSR count). The lowest BCUT2D eigenvalue weighted by molar-refractivity contribution is -0.114. The average molecular weight is 318 g/mol. The fourth-order valence-electron chi connectivity index (χ4n) is 3.31. The zero-order chi connectivity index (χ0) is 16.8. The molecular formula is C19H18N4O. The summed E-state index contributed by atoms with van der Waals surface area (Å²) in [5.74, 6) is 1.08. The average Bonchev–Trinajstić information content (AvgIpc) is 3.30. The Morgan fingerprint density at radius 3 is 2.96 bits per heavy atom. The summed E-state index contributed by atoms with van der Waals surface area (Å²) < 4.78 is 0. The molecule has 0 bridgehead atoms. The number of nitrogens with one attached hydrogen (secondary N) is 1. The Balaban J connectivity index is 1.77. The number of carbonyl (C=O) groups is 1. The van der Waals surface area contributed by atoms with Crippen molar-refractivity contribution >= 4 is 28.3 Å². The van der Waals surface area contributed by atoms with Gasteiger partial charge in [-0.15, -0.1) is 0 Å². The molecule has 1 aliphatic heterocycles.